The lowest BCUT2D eigenvalue weighted by atomic mass is 10.00. The van der Waals surface area contributed by atoms with Gasteiger partial charge in [0.15, 0.2) is 5.96 Å². The van der Waals surface area contributed by atoms with Gasteiger partial charge in [0.2, 0.25) is 0 Å². The van der Waals surface area contributed by atoms with Gasteiger partial charge in [-0.05, 0) is 20.3 Å². The first-order valence-corrected chi connectivity index (χ1v) is 7.97. The van der Waals surface area contributed by atoms with Crippen molar-refractivity contribution in [2.75, 3.05) is 20.1 Å². The van der Waals surface area contributed by atoms with E-state index in [1.54, 1.807) is 0 Å². The SMILES string of the molecule is CCCCCCNC(=NC)NCC(C)c1c(C)noc1C. The summed E-state index contributed by atoms with van der Waals surface area (Å²) < 4.78 is 5.23. The van der Waals surface area contributed by atoms with Crippen molar-refractivity contribution in [3.63, 3.8) is 0 Å². The molecule has 1 atom stereocenters. The average molecular weight is 294 g/mol. The van der Waals surface area contributed by atoms with Crippen LogP contribution < -0.4 is 10.6 Å². The monoisotopic (exact) mass is 294 g/mol. The van der Waals surface area contributed by atoms with E-state index in [1.807, 2.05) is 20.9 Å². The summed E-state index contributed by atoms with van der Waals surface area (Å²) in [6, 6.07) is 0. The van der Waals surface area contributed by atoms with Crippen LogP contribution in [-0.2, 0) is 0 Å². The average Bonchev–Trinajstić information content (AvgIpc) is 2.81. The predicted octanol–water partition coefficient (Wildman–Crippen LogP) is 3.14. The Bertz CT molecular complexity index is 420. The zero-order valence-corrected chi connectivity index (χ0v) is 14.1. The van der Waals surface area contributed by atoms with Crippen molar-refractivity contribution in [2.45, 2.75) is 59.3 Å². The Kier molecular flexibility index (Phi) is 7.87. The molecule has 1 rings (SSSR count). The lowest BCUT2D eigenvalue weighted by Gasteiger charge is -2.16. The second-order valence-electron chi connectivity index (χ2n) is 5.58. The molecule has 0 radical (unpaired) electrons. The van der Waals surface area contributed by atoms with Crippen LogP contribution in [0.25, 0.3) is 0 Å². The van der Waals surface area contributed by atoms with Crippen LogP contribution in [0.3, 0.4) is 0 Å². The van der Waals surface area contributed by atoms with Gasteiger partial charge in [-0.2, -0.15) is 0 Å². The van der Waals surface area contributed by atoms with Crippen LogP contribution in [0.4, 0.5) is 0 Å². The number of aromatic nitrogens is 1. The molecule has 0 saturated heterocycles. The summed E-state index contributed by atoms with van der Waals surface area (Å²) in [5.41, 5.74) is 2.17. The van der Waals surface area contributed by atoms with Crippen LogP contribution in [0.15, 0.2) is 9.52 Å². The highest BCUT2D eigenvalue weighted by atomic mass is 16.5. The summed E-state index contributed by atoms with van der Waals surface area (Å²) in [6.45, 7) is 10.1. The molecule has 1 heterocycles. The van der Waals surface area contributed by atoms with Crippen LogP contribution >= 0.6 is 0 Å². The van der Waals surface area contributed by atoms with E-state index in [4.69, 9.17) is 4.52 Å². The second-order valence-corrected chi connectivity index (χ2v) is 5.58. The van der Waals surface area contributed by atoms with E-state index < -0.39 is 0 Å². The minimum Gasteiger partial charge on any atom is -0.361 e. The number of unbranched alkanes of at least 4 members (excludes halogenated alkanes) is 3. The van der Waals surface area contributed by atoms with Crippen molar-refractivity contribution in [3.8, 4) is 0 Å². The smallest absolute Gasteiger partial charge is 0.190 e. The lowest BCUT2D eigenvalue weighted by molar-refractivity contribution is 0.391. The molecule has 0 bridgehead atoms. The van der Waals surface area contributed by atoms with Crippen molar-refractivity contribution in [1.82, 2.24) is 15.8 Å². The number of hydrogen-bond acceptors (Lipinski definition) is 3. The van der Waals surface area contributed by atoms with Crippen LogP contribution in [0.1, 0.15) is 62.5 Å². The van der Waals surface area contributed by atoms with Gasteiger partial charge in [-0.25, -0.2) is 0 Å². The molecule has 1 unspecified atom stereocenters. The van der Waals surface area contributed by atoms with E-state index in [9.17, 15) is 0 Å². The predicted molar refractivity (Wildman–Crippen MR) is 87.9 cm³/mol. The van der Waals surface area contributed by atoms with E-state index in [-0.39, 0.29) is 0 Å². The summed E-state index contributed by atoms with van der Waals surface area (Å²) in [5, 5.41) is 10.7. The number of aryl methyl sites for hydroxylation is 2. The van der Waals surface area contributed by atoms with Crippen LogP contribution in [0.5, 0.6) is 0 Å². The van der Waals surface area contributed by atoms with Crippen molar-refractivity contribution in [3.05, 3.63) is 17.0 Å². The number of aliphatic imine (C=N–C) groups is 1. The van der Waals surface area contributed by atoms with Crippen LogP contribution in [-0.4, -0.2) is 31.3 Å². The molecule has 5 heteroatoms. The molecule has 0 fully saturated rings. The van der Waals surface area contributed by atoms with E-state index in [0.717, 1.165) is 30.5 Å². The number of hydrogen-bond donors (Lipinski definition) is 2. The topological polar surface area (TPSA) is 62.5 Å². The summed E-state index contributed by atoms with van der Waals surface area (Å²) in [6.07, 6.45) is 5.03. The molecule has 1 aromatic heterocycles. The molecular formula is C16H30N4O. The standard InChI is InChI=1S/C16H30N4O/c1-6-7-8-9-10-18-16(17-5)19-11-12(2)15-13(3)20-21-14(15)4/h12H,6-11H2,1-5H3,(H2,17,18,19). The maximum absolute atomic E-state index is 5.23. The third kappa shape index (κ3) is 5.78. The van der Waals surface area contributed by atoms with Crippen LogP contribution in [0, 0.1) is 13.8 Å². The summed E-state index contributed by atoms with van der Waals surface area (Å²) in [5.74, 6) is 2.12. The van der Waals surface area contributed by atoms with Crippen molar-refractivity contribution in [2.24, 2.45) is 4.99 Å². The van der Waals surface area contributed by atoms with Crippen molar-refractivity contribution in [1.29, 1.82) is 0 Å². The third-order valence-electron chi connectivity index (χ3n) is 3.70. The Labute approximate surface area is 128 Å². The maximum Gasteiger partial charge on any atom is 0.190 e. The molecule has 2 N–H and O–H groups in total. The Morgan fingerprint density at radius 1 is 1.24 bits per heavy atom. The normalized spacial score (nSPS) is 13.3. The van der Waals surface area contributed by atoms with E-state index in [2.05, 4.69) is 34.6 Å². The molecule has 0 aromatic carbocycles. The molecule has 0 aliphatic heterocycles. The Morgan fingerprint density at radius 3 is 2.57 bits per heavy atom. The second kappa shape index (κ2) is 9.42. The molecule has 120 valence electrons. The van der Waals surface area contributed by atoms with Gasteiger partial charge in [0.25, 0.3) is 0 Å². The molecule has 1 aromatic rings. The quantitative estimate of drug-likeness (QED) is 0.439. The van der Waals surface area contributed by atoms with Crippen molar-refractivity contribution >= 4 is 5.96 Å². The third-order valence-corrected chi connectivity index (χ3v) is 3.70. The Hall–Kier alpha value is -1.52. The fourth-order valence-electron chi connectivity index (χ4n) is 2.52. The van der Waals surface area contributed by atoms with Gasteiger partial charge in [-0.3, -0.25) is 4.99 Å². The summed E-state index contributed by atoms with van der Waals surface area (Å²) >= 11 is 0. The first kappa shape index (κ1) is 17.5. The lowest BCUT2D eigenvalue weighted by Crippen LogP contribution is -2.39. The molecule has 0 aliphatic carbocycles. The molecule has 5 nitrogen and oxygen atoms in total. The number of guanidine groups is 1. The number of nitrogens with zero attached hydrogens (tertiary/aromatic N) is 2. The molecule has 0 saturated carbocycles. The zero-order valence-electron chi connectivity index (χ0n) is 14.1. The van der Waals surface area contributed by atoms with E-state index in [0.29, 0.717) is 5.92 Å². The van der Waals surface area contributed by atoms with Gasteiger partial charge < -0.3 is 15.2 Å². The first-order valence-electron chi connectivity index (χ1n) is 7.97. The van der Waals surface area contributed by atoms with Gasteiger partial charge in [-0.1, -0.05) is 38.3 Å². The largest absolute Gasteiger partial charge is 0.361 e. The van der Waals surface area contributed by atoms with Gasteiger partial charge in [0.1, 0.15) is 5.76 Å². The van der Waals surface area contributed by atoms with E-state index in [1.165, 1.54) is 31.2 Å². The highest BCUT2D eigenvalue weighted by molar-refractivity contribution is 5.79. The van der Waals surface area contributed by atoms with Gasteiger partial charge in [-0.15, -0.1) is 0 Å². The van der Waals surface area contributed by atoms with Gasteiger partial charge in [0, 0.05) is 31.6 Å². The Morgan fingerprint density at radius 2 is 2.00 bits per heavy atom. The van der Waals surface area contributed by atoms with Gasteiger partial charge in [0.05, 0.1) is 5.69 Å². The molecule has 0 amide bonds. The molecule has 0 spiro atoms. The fraction of sp³-hybridized carbons (Fsp3) is 0.750. The minimum atomic E-state index is 0.342. The molecule has 21 heavy (non-hydrogen) atoms. The number of rotatable bonds is 8. The Balaban J connectivity index is 2.35. The van der Waals surface area contributed by atoms with Crippen LogP contribution in [0.2, 0.25) is 0 Å². The zero-order chi connectivity index (χ0) is 15.7. The van der Waals surface area contributed by atoms with Gasteiger partial charge >= 0.3 is 0 Å². The molecule has 0 aliphatic rings. The summed E-state index contributed by atoms with van der Waals surface area (Å²) in [7, 11) is 1.81. The van der Waals surface area contributed by atoms with Crippen molar-refractivity contribution < 1.29 is 4.52 Å². The minimum absolute atomic E-state index is 0.342. The first-order chi connectivity index (χ1) is 10.1. The highest BCUT2D eigenvalue weighted by Crippen LogP contribution is 2.22. The highest BCUT2D eigenvalue weighted by Gasteiger charge is 2.16. The maximum atomic E-state index is 5.23. The number of nitrogens with one attached hydrogen (secondary N) is 2. The van der Waals surface area contributed by atoms with E-state index >= 15 is 0 Å². The fourth-order valence-corrected chi connectivity index (χ4v) is 2.52. The molecular weight excluding hydrogens is 264 g/mol. The summed E-state index contributed by atoms with van der Waals surface area (Å²) in [4.78, 5) is 4.26.